The van der Waals surface area contributed by atoms with E-state index in [1.54, 1.807) is 14.2 Å². The van der Waals surface area contributed by atoms with Gasteiger partial charge in [0.05, 0.1) is 51.9 Å². The first kappa shape index (κ1) is 51.9. The fourth-order valence-corrected chi connectivity index (χ4v) is 6.67. The fourth-order valence-electron chi connectivity index (χ4n) is 6.67. The maximum atomic E-state index is 13.5. The summed E-state index contributed by atoms with van der Waals surface area (Å²) in [5.41, 5.74) is 1.67. The van der Waals surface area contributed by atoms with Crippen LogP contribution in [0.4, 0.5) is 0 Å². The van der Waals surface area contributed by atoms with E-state index >= 15 is 0 Å². The average Bonchev–Trinajstić information content (AvgIpc) is 3.48. The Morgan fingerprint density at radius 3 is 1.97 bits per heavy atom. The molecule has 0 saturated heterocycles. The molecule has 0 aromatic carbocycles. The summed E-state index contributed by atoms with van der Waals surface area (Å²) in [6.45, 7) is 30.4. The van der Waals surface area contributed by atoms with Crippen LogP contribution in [-0.4, -0.2) is 161 Å². The number of hydrogen-bond donors (Lipinski definition) is 2. The molecule has 15 heteroatoms. The smallest absolute Gasteiger partial charge is 0.222 e. The van der Waals surface area contributed by atoms with Gasteiger partial charge in [0.1, 0.15) is 17.9 Å². The van der Waals surface area contributed by atoms with E-state index < -0.39 is 12.2 Å². The maximum absolute atomic E-state index is 13.5. The molecule has 2 N–H and O–H groups in total. The summed E-state index contributed by atoms with van der Waals surface area (Å²) in [7, 11) is 5.42. The molecule has 2 heterocycles. The van der Waals surface area contributed by atoms with E-state index in [0.29, 0.717) is 98.3 Å². The van der Waals surface area contributed by atoms with Crippen LogP contribution >= 0.6 is 0 Å². The Labute approximate surface area is 351 Å². The van der Waals surface area contributed by atoms with Crippen molar-refractivity contribution in [2.75, 3.05) is 107 Å². The Kier molecular flexibility index (Phi) is 22.8. The second-order valence-corrected chi connectivity index (χ2v) is 19.4. The number of amides is 2. The van der Waals surface area contributed by atoms with Crippen molar-refractivity contribution in [3.63, 3.8) is 0 Å². The molecule has 58 heavy (non-hydrogen) atoms. The van der Waals surface area contributed by atoms with Gasteiger partial charge >= 0.3 is 0 Å². The molecular weight excluding hydrogens is 743 g/mol. The van der Waals surface area contributed by atoms with Crippen molar-refractivity contribution < 1.29 is 38.0 Å². The zero-order chi connectivity index (χ0) is 43.4. The molecule has 2 rings (SSSR count). The minimum atomic E-state index is -0.484. The van der Waals surface area contributed by atoms with E-state index in [4.69, 9.17) is 28.4 Å². The Bertz CT molecular complexity index is 1310. The number of carbonyl (C=O) groups excluding carboxylic acids is 2. The van der Waals surface area contributed by atoms with Crippen LogP contribution in [0.25, 0.3) is 0 Å². The number of carbonyl (C=O) groups is 2. The molecule has 15 nitrogen and oxygen atoms in total. The SMILES string of the molecule is CO[C@H]1CN(C(=O)CCCC(=O)NCCCOCCOCCOCCCNC(C)(C)C)CCc2c(nnn2CC(C)(C)COCC(C)(C)CN(C)C(C)(C)C)[C@@H]1OC. The quantitative estimate of drug-likeness (QED) is 0.113. The molecule has 0 bridgehead atoms. The highest BCUT2D eigenvalue weighted by Crippen LogP contribution is 2.30. The number of nitrogens with one attached hydrogen (secondary N) is 2. The summed E-state index contributed by atoms with van der Waals surface area (Å²) < 4.78 is 36.9. The molecule has 1 aliphatic heterocycles. The fraction of sp³-hybridized carbons (Fsp3) is 0.907. The number of hydrogen-bond acceptors (Lipinski definition) is 12. The first-order valence-corrected chi connectivity index (χ1v) is 21.5. The molecule has 0 saturated carbocycles. The van der Waals surface area contributed by atoms with Crippen molar-refractivity contribution in [1.29, 1.82) is 0 Å². The lowest BCUT2D eigenvalue weighted by Gasteiger charge is -2.38. The Morgan fingerprint density at radius 1 is 0.776 bits per heavy atom. The molecule has 0 fully saturated rings. The standard InChI is InChI=1S/C43H83N7O8/c1-40(2,3)45-21-16-24-56-26-28-57-27-25-55-23-15-20-44-36(51)17-14-18-37(52)49-22-19-34-38(39(54-13)35(29-49)53-12)46-47-50(34)31-43(9,10)33-58-32-42(7,8)30-48(11)41(4,5)6/h35,39,45H,14-33H2,1-13H3,(H,44,51)/t35-,39+/m0/s1. The Hall–Kier alpha value is -2.24. The summed E-state index contributed by atoms with van der Waals surface area (Å²) >= 11 is 0. The highest BCUT2D eigenvalue weighted by atomic mass is 16.5. The van der Waals surface area contributed by atoms with Crippen LogP contribution in [0.5, 0.6) is 0 Å². The molecular formula is C43H83N7O8. The highest BCUT2D eigenvalue weighted by molar-refractivity contribution is 5.79. The van der Waals surface area contributed by atoms with Gasteiger partial charge in [0.2, 0.25) is 11.8 Å². The lowest BCUT2D eigenvalue weighted by molar-refractivity contribution is -0.135. The molecule has 0 aliphatic carbocycles. The molecule has 1 aromatic heterocycles. The first-order valence-electron chi connectivity index (χ1n) is 21.5. The van der Waals surface area contributed by atoms with Crippen LogP contribution in [0.3, 0.4) is 0 Å². The zero-order valence-electron chi connectivity index (χ0n) is 38.8. The second kappa shape index (κ2) is 25.5. The van der Waals surface area contributed by atoms with Crippen LogP contribution < -0.4 is 10.6 Å². The minimum Gasteiger partial charge on any atom is -0.380 e. The van der Waals surface area contributed by atoms with Crippen molar-refractivity contribution in [2.45, 2.75) is 138 Å². The van der Waals surface area contributed by atoms with Gasteiger partial charge in [-0.3, -0.25) is 9.59 Å². The van der Waals surface area contributed by atoms with Crippen LogP contribution in [0.2, 0.25) is 0 Å². The topological polar surface area (TPSA) is 151 Å². The lowest BCUT2D eigenvalue weighted by atomic mass is 9.91. The Balaban J connectivity index is 1.74. The Morgan fingerprint density at radius 2 is 1.38 bits per heavy atom. The molecule has 2 amide bonds. The van der Waals surface area contributed by atoms with Crippen molar-refractivity contribution >= 4 is 11.8 Å². The van der Waals surface area contributed by atoms with Gasteiger partial charge in [-0.05, 0) is 74.4 Å². The van der Waals surface area contributed by atoms with Crippen molar-refractivity contribution in [3.8, 4) is 0 Å². The predicted molar refractivity (Wildman–Crippen MR) is 228 cm³/mol. The van der Waals surface area contributed by atoms with Crippen molar-refractivity contribution in [1.82, 2.24) is 35.4 Å². The van der Waals surface area contributed by atoms with Crippen LogP contribution in [0, 0.1) is 10.8 Å². The lowest BCUT2D eigenvalue weighted by Crippen LogP contribution is -2.45. The number of ether oxygens (including phenoxy) is 6. The molecule has 338 valence electrons. The molecule has 2 atom stereocenters. The highest BCUT2D eigenvalue weighted by Gasteiger charge is 2.36. The van der Waals surface area contributed by atoms with Gasteiger partial charge in [-0.1, -0.05) is 32.9 Å². The molecule has 1 aromatic rings. The zero-order valence-corrected chi connectivity index (χ0v) is 38.8. The maximum Gasteiger partial charge on any atom is 0.222 e. The van der Waals surface area contributed by atoms with E-state index in [9.17, 15) is 9.59 Å². The molecule has 1 aliphatic rings. The van der Waals surface area contributed by atoms with Gasteiger partial charge in [0, 0.05) is 94.8 Å². The van der Waals surface area contributed by atoms with E-state index in [1.165, 1.54) is 0 Å². The summed E-state index contributed by atoms with van der Waals surface area (Å²) in [5.74, 6) is -0.0876. The van der Waals surface area contributed by atoms with E-state index in [0.717, 1.165) is 30.9 Å². The van der Waals surface area contributed by atoms with Gasteiger partial charge in [0.25, 0.3) is 0 Å². The molecule has 0 radical (unpaired) electrons. The summed E-state index contributed by atoms with van der Waals surface area (Å²) in [6.07, 6.45) is 2.34. The third-order valence-electron chi connectivity index (χ3n) is 10.2. The van der Waals surface area contributed by atoms with E-state index in [1.807, 2.05) is 9.58 Å². The van der Waals surface area contributed by atoms with Crippen LogP contribution in [0.1, 0.15) is 119 Å². The number of rotatable bonds is 28. The van der Waals surface area contributed by atoms with Gasteiger partial charge in [-0.25, -0.2) is 4.68 Å². The third kappa shape index (κ3) is 20.8. The molecule has 0 unspecified atom stereocenters. The predicted octanol–water partition coefficient (Wildman–Crippen LogP) is 4.67. The number of aromatic nitrogens is 3. The average molecular weight is 826 g/mol. The van der Waals surface area contributed by atoms with Gasteiger partial charge in [-0.2, -0.15) is 0 Å². The van der Waals surface area contributed by atoms with E-state index in [-0.39, 0.29) is 46.6 Å². The number of methoxy groups -OCH3 is 2. The van der Waals surface area contributed by atoms with Crippen molar-refractivity contribution in [2.24, 2.45) is 10.8 Å². The van der Waals surface area contributed by atoms with Crippen LogP contribution in [0.15, 0.2) is 0 Å². The second-order valence-electron chi connectivity index (χ2n) is 19.4. The van der Waals surface area contributed by atoms with E-state index in [2.05, 4.69) is 102 Å². The van der Waals surface area contributed by atoms with Crippen LogP contribution in [-0.2, 0) is 51.0 Å². The monoisotopic (exact) mass is 826 g/mol. The largest absolute Gasteiger partial charge is 0.380 e. The summed E-state index contributed by atoms with van der Waals surface area (Å²) in [5, 5.41) is 15.5. The summed E-state index contributed by atoms with van der Waals surface area (Å²) in [6, 6.07) is 0. The normalized spacial score (nSPS) is 17.0. The minimum absolute atomic E-state index is 0.00610. The number of fused-ring (bicyclic) bond motifs is 1. The third-order valence-corrected chi connectivity index (χ3v) is 10.2. The number of nitrogens with zero attached hydrogens (tertiary/aromatic N) is 5. The summed E-state index contributed by atoms with van der Waals surface area (Å²) in [4.78, 5) is 30.2. The van der Waals surface area contributed by atoms with Crippen molar-refractivity contribution in [3.05, 3.63) is 11.4 Å². The van der Waals surface area contributed by atoms with Gasteiger partial charge < -0.3 is 48.9 Å². The first-order chi connectivity index (χ1) is 27.2. The molecule has 0 spiro atoms. The van der Waals surface area contributed by atoms with Gasteiger partial charge in [-0.15, -0.1) is 5.10 Å². The van der Waals surface area contributed by atoms with Gasteiger partial charge in [0.15, 0.2) is 0 Å².